The number of benzene rings is 2. The van der Waals surface area contributed by atoms with Gasteiger partial charge in [-0.3, -0.25) is 4.79 Å². The van der Waals surface area contributed by atoms with Crippen LogP contribution in [0.4, 0.5) is 4.79 Å². The van der Waals surface area contributed by atoms with Crippen molar-refractivity contribution in [3.05, 3.63) is 78.1 Å². The lowest BCUT2D eigenvalue weighted by molar-refractivity contribution is 0.0521. The zero-order valence-corrected chi connectivity index (χ0v) is 24.9. The van der Waals surface area contributed by atoms with E-state index in [1.807, 2.05) is 72.1 Å². The second-order valence-electron chi connectivity index (χ2n) is 10.5. The third kappa shape index (κ3) is 8.04. The molecule has 2 amide bonds. The van der Waals surface area contributed by atoms with Crippen molar-refractivity contribution >= 4 is 12.0 Å². The first-order valence-corrected chi connectivity index (χ1v) is 14.4. The minimum Gasteiger partial charge on any atom is -0.493 e. The van der Waals surface area contributed by atoms with Crippen molar-refractivity contribution in [2.75, 3.05) is 47.1 Å². The summed E-state index contributed by atoms with van der Waals surface area (Å²) in [6.45, 7) is 6.94. The number of amides is 2. The maximum Gasteiger partial charge on any atom is 0.407 e. The molecule has 2 heterocycles. The predicted octanol–water partition coefficient (Wildman–Crippen LogP) is 4.27. The van der Waals surface area contributed by atoms with Gasteiger partial charge in [0.25, 0.3) is 5.91 Å². The van der Waals surface area contributed by atoms with Crippen molar-refractivity contribution in [2.45, 2.75) is 39.0 Å². The van der Waals surface area contributed by atoms with E-state index in [1.54, 1.807) is 32.4 Å². The highest BCUT2D eigenvalue weighted by Gasteiger charge is 2.34. The molecule has 1 aliphatic heterocycles. The van der Waals surface area contributed by atoms with Crippen molar-refractivity contribution in [1.29, 1.82) is 0 Å². The summed E-state index contributed by atoms with van der Waals surface area (Å²) in [4.78, 5) is 28.3. The molecule has 2 N–H and O–H groups in total. The maximum absolute atomic E-state index is 13.7. The normalized spacial score (nSPS) is 16.3. The van der Waals surface area contributed by atoms with Crippen molar-refractivity contribution in [1.82, 2.24) is 20.1 Å². The van der Waals surface area contributed by atoms with E-state index in [-0.39, 0.29) is 24.0 Å². The third-order valence-electron chi connectivity index (χ3n) is 7.31. The molecule has 1 aliphatic rings. The van der Waals surface area contributed by atoms with Crippen LogP contribution in [0.3, 0.4) is 0 Å². The minimum atomic E-state index is -0.483. The molecule has 10 heteroatoms. The van der Waals surface area contributed by atoms with Crippen LogP contribution < -0.4 is 20.1 Å². The van der Waals surface area contributed by atoms with Gasteiger partial charge in [0, 0.05) is 81.9 Å². The van der Waals surface area contributed by atoms with Crippen LogP contribution in [0.15, 0.2) is 67.0 Å². The Morgan fingerprint density at radius 1 is 1.02 bits per heavy atom. The van der Waals surface area contributed by atoms with Crippen molar-refractivity contribution in [2.24, 2.45) is 5.92 Å². The molecule has 1 fully saturated rings. The number of methoxy groups -OCH3 is 2. The Balaban J connectivity index is 1.37. The zero-order valence-electron chi connectivity index (χ0n) is 24.9. The maximum atomic E-state index is 13.7. The van der Waals surface area contributed by atoms with Crippen LogP contribution >= 0.6 is 0 Å². The molecule has 226 valence electrons. The summed E-state index contributed by atoms with van der Waals surface area (Å²) in [6.07, 6.45) is 3.81. The Hall–Kier alpha value is -4.02. The monoisotopic (exact) mass is 578 g/mol. The molecular weight excluding hydrogens is 536 g/mol. The second-order valence-corrected chi connectivity index (χ2v) is 10.5. The number of nitrogens with one attached hydrogen (secondary N) is 2. The largest absolute Gasteiger partial charge is 0.493 e. The van der Waals surface area contributed by atoms with Gasteiger partial charge >= 0.3 is 6.09 Å². The summed E-state index contributed by atoms with van der Waals surface area (Å²) in [5, 5.41) is 6.22. The fourth-order valence-corrected chi connectivity index (χ4v) is 5.04. The molecule has 1 saturated heterocycles. The van der Waals surface area contributed by atoms with E-state index in [9.17, 15) is 9.59 Å². The summed E-state index contributed by atoms with van der Waals surface area (Å²) < 4.78 is 24.3. The summed E-state index contributed by atoms with van der Waals surface area (Å²) in [6, 6.07) is 17.0. The van der Waals surface area contributed by atoms with Gasteiger partial charge in [-0.05, 0) is 55.8 Å². The standard InChI is InChI=1S/C32H42N4O6/c1-23(2)36(31(37)24-12-13-28(40-4)29(18-24)41-17-9-16-39-3)22-26-19-33-21-30(26)42-32(38)34-20-25-10-5-6-11-27(25)35-14-7-8-15-35/h5-8,10-15,18,23,26,30,33H,9,16-17,19-22H2,1-4H3,(H,34,38)/t26?,30-/m1/s1. The van der Waals surface area contributed by atoms with Gasteiger partial charge in [-0.15, -0.1) is 0 Å². The molecule has 1 unspecified atom stereocenters. The minimum absolute atomic E-state index is 0.0581. The number of alkyl carbamates (subject to hydrolysis) is 1. The van der Waals surface area contributed by atoms with Crippen LogP contribution in [0, 0.1) is 5.92 Å². The fraction of sp³-hybridized carbons (Fsp3) is 0.438. The second kappa shape index (κ2) is 15.3. The molecule has 3 aromatic rings. The highest BCUT2D eigenvalue weighted by atomic mass is 16.6. The molecule has 0 aliphatic carbocycles. The van der Waals surface area contributed by atoms with E-state index >= 15 is 0 Å². The highest BCUT2D eigenvalue weighted by molar-refractivity contribution is 5.95. The van der Waals surface area contributed by atoms with Crippen LogP contribution in [0.1, 0.15) is 36.2 Å². The average Bonchev–Trinajstić information content (AvgIpc) is 3.69. The molecule has 1 aromatic heterocycles. The number of hydrogen-bond acceptors (Lipinski definition) is 7. The molecular formula is C32H42N4O6. The van der Waals surface area contributed by atoms with Crippen LogP contribution in [-0.2, 0) is 16.0 Å². The molecule has 2 atom stereocenters. The van der Waals surface area contributed by atoms with E-state index in [0.29, 0.717) is 56.5 Å². The SMILES string of the molecule is COCCCOc1cc(C(=O)N(CC2CNC[C@H]2OC(=O)NCc2ccccc2-n2cccc2)C(C)C)ccc1OC. The fourth-order valence-electron chi connectivity index (χ4n) is 5.04. The van der Waals surface area contributed by atoms with E-state index in [0.717, 1.165) is 17.7 Å². The molecule has 4 rings (SSSR count). The Bertz CT molecular complexity index is 1300. The lowest BCUT2D eigenvalue weighted by Gasteiger charge is -2.31. The summed E-state index contributed by atoms with van der Waals surface area (Å²) in [5.74, 6) is 0.904. The number of para-hydroxylation sites is 1. The molecule has 0 bridgehead atoms. The number of rotatable bonds is 14. The number of ether oxygens (including phenoxy) is 4. The van der Waals surface area contributed by atoms with Crippen LogP contribution in [-0.4, -0.2) is 80.7 Å². The van der Waals surface area contributed by atoms with Gasteiger partial charge in [0.2, 0.25) is 0 Å². The molecule has 10 nitrogen and oxygen atoms in total. The summed E-state index contributed by atoms with van der Waals surface area (Å²) in [7, 11) is 3.22. The Kier molecular flexibility index (Phi) is 11.2. The molecule has 42 heavy (non-hydrogen) atoms. The first-order chi connectivity index (χ1) is 20.4. The number of hydrogen-bond donors (Lipinski definition) is 2. The predicted molar refractivity (Wildman–Crippen MR) is 160 cm³/mol. The van der Waals surface area contributed by atoms with Crippen molar-refractivity contribution < 1.29 is 28.5 Å². The van der Waals surface area contributed by atoms with E-state index in [1.165, 1.54) is 0 Å². The van der Waals surface area contributed by atoms with Crippen molar-refractivity contribution in [3.8, 4) is 17.2 Å². The topological polar surface area (TPSA) is 103 Å². The highest BCUT2D eigenvalue weighted by Crippen LogP contribution is 2.29. The first kappa shape index (κ1) is 30.9. The van der Waals surface area contributed by atoms with E-state index in [4.69, 9.17) is 18.9 Å². The van der Waals surface area contributed by atoms with Gasteiger partial charge in [0.15, 0.2) is 11.5 Å². The summed E-state index contributed by atoms with van der Waals surface area (Å²) >= 11 is 0. The lowest BCUT2D eigenvalue weighted by atomic mass is 10.0. The summed E-state index contributed by atoms with van der Waals surface area (Å²) in [5.41, 5.74) is 2.48. The Labute approximate surface area is 247 Å². The van der Waals surface area contributed by atoms with Gasteiger partial charge in [-0.1, -0.05) is 18.2 Å². The van der Waals surface area contributed by atoms with Gasteiger partial charge in [-0.25, -0.2) is 4.79 Å². The Morgan fingerprint density at radius 3 is 2.55 bits per heavy atom. The third-order valence-corrected chi connectivity index (χ3v) is 7.31. The lowest BCUT2D eigenvalue weighted by Crippen LogP contribution is -2.44. The zero-order chi connectivity index (χ0) is 29.9. The van der Waals surface area contributed by atoms with Crippen molar-refractivity contribution in [3.63, 3.8) is 0 Å². The smallest absolute Gasteiger partial charge is 0.407 e. The van der Waals surface area contributed by atoms with Gasteiger partial charge < -0.3 is 39.0 Å². The number of carbonyl (C=O) groups excluding carboxylic acids is 2. The van der Waals surface area contributed by atoms with E-state index < -0.39 is 6.09 Å². The van der Waals surface area contributed by atoms with Gasteiger partial charge in [0.05, 0.1) is 13.7 Å². The molecule has 2 aromatic carbocycles. The Morgan fingerprint density at radius 2 is 1.81 bits per heavy atom. The molecule has 0 radical (unpaired) electrons. The van der Waals surface area contributed by atoms with Gasteiger partial charge in [0.1, 0.15) is 6.10 Å². The number of carbonyl (C=O) groups is 2. The quantitative estimate of drug-likeness (QED) is 0.276. The molecule has 0 saturated carbocycles. The van der Waals surface area contributed by atoms with Crippen LogP contribution in [0.5, 0.6) is 11.5 Å². The number of aromatic nitrogens is 1. The molecule has 0 spiro atoms. The van der Waals surface area contributed by atoms with Crippen LogP contribution in [0.25, 0.3) is 5.69 Å². The number of nitrogens with zero attached hydrogens (tertiary/aromatic N) is 2. The van der Waals surface area contributed by atoms with E-state index in [2.05, 4.69) is 10.6 Å². The van der Waals surface area contributed by atoms with Gasteiger partial charge in [-0.2, -0.15) is 0 Å². The van der Waals surface area contributed by atoms with Crippen LogP contribution in [0.2, 0.25) is 0 Å². The first-order valence-electron chi connectivity index (χ1n) is 14.4. The average molecular weight is 579 g/mol.